The van der Waals surface area contributed by atoms with Gasteiger partial charge >= 0.3 is 0 Å². The van der Waals surface area contributed by atoms with E-state index in [2.05, 4.69) is 19.1 Å². The third-order valence-corrected chi connectivity index (χ3v) is 7.24. The van der Waals surface area contributed by atoms with E-state index >= 15 is 0 Å². The number of para-hydroxylation sites is 1. The Labute approximate surface area is 195 Å². The van der Waals surface area contributed by atoms with Crippen LogP contribution < -0.4 is 9.64 Å². The minimum Gasteiger partial charge on any atom is -0.494 e. The minimum absolute atomic E-state index is 0.0553. The van der Waals surface area contributed by atoms with Crippen LogP contribution in [0.1, 0.15) is 48.5 Å². The Hall–Kier alpha value is -2.47. The highest BCUT2D eigenvalue weighted by atomic mass is 32.2. The molecule has 0 bridgehead atoms. The lowest BCUT2D eigenvalue weighted by molar-refractivity contribution is -0.119. The number of carbonyl (C=O) groups is 2. The molecule has 0 atom stereocenters. The molecule has 2 aromatic rings. The van der Waals surface area contributed by atoms with E-state index in [4.69, 9.17) is 4.74 Å². The maximum absolute atomic E-state index is 13.0. The summed E-state index contributed by atoms with van der Waals surface area (Å²) < 4.78 is 5.78. The molecule has 6 heteroatoms. The zero-order chi connectivity index (χ0) is 22.3. The normalized spacial score (nSPS) is 16.7. The zero-order valence-corrected chi connectivity index (χ0v) is 19.6. The number of amides is 2. The van der Waals surface area contributed by atoms with Crippen molar-refractivity contribution in [1.82, 2.24) is 4.90 Å². The van der Waals surface area contributed by atoms with Crippen molar-refractivity contribution in [1.29, 1.82) is 0 Å². The number of hydrogen-bond donors (Lipinski definition) is 0. The summed E-state index contributed by atoms with van der Waals surface area (Å²) in [7, 11) is 0. The van der Waals surface area contributed by atoms with Gasteiger partial charge in [0.2, 0.25) is 5.91 Å². The Morgan fingerprint density at radius 1 is 1.06 bits per heavy atom. The number of ether oxygens (including phenoxy) is 1. The summed E-state index contributed by atoms with van der Waals surface area (Å²) >= 11 is 1.92. The van der Waals surface area contributed by atoms with Gasteiger partial charge in [-0.25, -0.2) is 0 Å². The summed E-state index contributed by atoms with van der Waals surface area (Å²) in [5.41, 5.74) is 2.99. The van der Waals surface area contributed by atoms with E-state index in [1.807, 2.05) is 58.0 Å². The molecule has 4 rings (SSSR count). The van der Waals surface area contributed by atoms with Crippen molar-refractivity contribution in [2.45, 2.75) is 45.1 Å². The zero-order valence-electron chi connectivity index (χ0n) is 18.8. The molecule has 0 radical (unpaired) electrons. The Morgan fingerprint density at radius 2 is 1.81 bits per heavy atom. The second kappa shape index (κ2) is 10.9. The third-order valence-electron chi connectivity index (χ3n) is 6.25. The van der Waals surface area contributed by atoms with Gasteiger partial charge in [-0.15, -0.1) is 0 Å². The molecule has 0 saturated carbocycles. The van der Waals surface area contributed by atoms with E-state index in [0.717, 1.165) is 48.6 Å². The summed E-state index contributed by atoms with van der Waals surface area (Å²) in [6.07, 6.45) is 4.03. The van der Waals surface area contributed by atoms with Crippen LogP contribution in [0.3, 0.4) is 0 Å². The van der Waals surface area contributed by atoms with Gasteiger partial charge in [0.1, 0.15) is 5.75 Å². The molecule has 0 aromatic heterocycles. The highest BCUT2D eigenvalue weighted by Gasteiger charge is 2.33. The molecule has 0 N–H and O–H groups in total. The first-order valence-corrected chi connectivity index (χ1v) is 12.8. The van der Waals surface area contributed by atoms with Gasteiger partial charge in [0.05, 0.1) is 6.61 Å². The molecule has 0 spiro atoms. The first-order valence-electron chi connectivity index (χ1n) is 11.7. The molecule has 170 valence electrons. The topological polar surface area (TPSA) is 49.9 Å². The van der Waals surface area contributed by atoms with Crippen LogP contribution in [0.5, 0.6) is 5.75 Å². The average Bonchev–Trinajstić information content (AvgIpc) is 2.84. The van der Waals surface area contributed by atoms with Gasteiger partial charge in [-0.1, -0.05) is 25.1 Å². The van der Waals surface area contributed by atoms with E-state index in [0.29, 0.717) is 31.7 Å². The second-order valence-electron chi connectivity index (χ2n) is 8.34. The Morgan fingerprint density at radius 3 is 2.56 bits per heavy atom. The quantitative estimate of drug-likeness (QED) is 0.540. The van der Waals surface area contributed by atoms with Crippen molar-refractivity contribution in [2.75, 3.05) is 36.1 Å². The fourth-order valence-corrected chi connectivity index (χ4v) is 5.16. The van der Waals surface area contributed by atoms with Crippen molar-refractivity contribution >= 4 is 29.3 Å². The molecule has 2 heterocycles. The number of carbonyl (C=O) groups excluding carboxylic acids is 2. The Bertz CT molecular complexity index is 923. The van der Waals surface area contributed by atoms with Gasteiger partial charge in [0.15, 0.2) is 0 Å². The van der Waals surface area contributed by atoms with Crippen LogP contribution in [0.15, 0.2) is 48.5 Å². The van der Waals surface area contributed by atoms with E-state index in [1.165, 1.54) is 5.56 Å². The lowest BCUT2D eigenvalue weighted by Gasteiger charge is -2.41. The molecule has 2 amide bonds. The van der Waals surface area contributed by atoms with Gasteiger partial charge in [0.25, 0.3) is 5.91 Å². The lowest BCUT2D eigenvalue weighted by Crippen LogP contribution is -2.50. The SMILES string of the molecule is CCSCCCOc1ccc(C(=O)N2CCC(N3C(=O)CCc4ccccc43)CC2)cc1. The van der Waals surface area contributed by atoms with Crippen LogP contribution in [0.25, 0.3) is 0 Å². The smallest absolute Gasteiger partial charge is 0.253 e. The number of hydrogen-bond acceptors (Lipinski definition) is 4. The number of rotatable bonds is 8. The predicted molar refractivity (Wildman–Crippen MR) is 131 cm³/mol. The van der Waals surface area contributed by atoms with Crippen molar-refractivity contribution < 1.29 is 14.3 Å². The van der Waals surface area contributed by atoms with Gasteiger partial charge in [-0.05, 0) is 73.1 Å². The van der Waals surface area contributed by atoms with Gasteiger partial charge in [-0.2, -0.15) is 11.8 Å². The number of piperidine rings is 1. The number of fused-ring (bicyclic) bond motifs is 1. The van der Waals surface area contributed by atoms with Crippen molar-refractivity contribution in [3.8, 4) is 5.75 Å². The number of anilines is 1. The molecule has 2 aromatic carbocycles. The van der Waals surface area contributed by atoms with E-state index in [-0.39, 0.29) is 17.9 Å². The van der Waals surface area contributed by atoms with Crippen LogP contribution in [0, 0.1) is 0 Å². The summed E-state index contributed by atoms with van der Waals surface area (Å²) in [5.74, 6) is 3.31. The number of aryl methyl sites for hydroxylation is 1. The molecule has 0 unspecified atom stereocenters. The summed E-state index contributed by atoms with van der Waals surface area (Å²) in [6, 6.07) is 15.9. The number of benzene rings is 2. The molecular weight excluding hydrogens is 420 g/mol. The molecule has 2 aliphatic rings. The van der Waals surface area contributed by atoms with Crippen molar-refractivity contribution in [3.63, 3.8) is 0 Å². The standard InChI is InChI=1S/C26H32N2O3S/c1-2-32-19-5-18-31-23-11-8-21(9-12-23)26(30)27-16-14-22(15-17-27)28-24-7-4-3-6-20(24)10-13-25(28)29/h3-4,6-9,11-12,22H,2,5,10,13-19H2,1H3. The van der Waals surface area contributed by atoms with Crippen LogP contribution in [-0.4, -0.2) is 54.0 Å². The molecule has 0 aliphatic carbocycles. The van der Waals surface area contributed by atoms with E-state index in [9.17, 15) is 9.59 Å². The number of thioether (sulfide) groups is 1. The Kier molecular flexibility index (Phi) is 7.74. The molecule has 1 saturated heterocycles. The largest absolute Gasteiger partial charge is 0.494 e. The minimum atomic E-state index is 0.0553. The Balaban J connectivity index is 1.31. The third kappa shape index (κ3) is 5.29. The predicted octanol–water partition coefficient (Wildman–Crippen LogP) is 4.79. The summed E-state index contributed by atoms with van der Waals surface area (Å²) in [6.45, 7) is 4.20. The van der Waals surface area contributed by atoms with Crippen LogP contribution >= 0.6 is 11.8 Å². The fourth-order valence-electron chi connectivity index (χ4n) is 4.55. The fraction of sp³-hybridized carbons (Fsp3) is 0.462. The maximum atomic E-state index is 13.0. The highest BCUT2D eigenvalue weighted by molar-refractivity contribution is 7.99. The van der Waals surface area contributed by atoms with Crippen LogP contribution in [-0.2, 0) is 11.2 Å². The molecule has 1 fully saturated rings. The maximum Gasteiger partial charge on any atom is 0.253 e. The second-order valence-corrected chi connectivity index (χ2v) is 9.73. The van der Waals surface area contributed by atoms with E-state index < -0.39 is 0 Å². The van der Waals surface area contributed by atoms with Gasteiger partial charge in [-0.3, -0.25) is 9.59 Å². The van der Waals surface area contributed by atoms with Crippen molar-refractivity contribution in [2.24, 2.45) is 0 Å². The molecule has 32 heavy (non-hydrogen) atoms. The van der Waals surface area contributed by atoms with E-state index in [1.54, 1.807) is 0 Å². The summed E-state index contributed by atoms with van der Waals surface area (Å²) in [4.78, 5) is 29.6. The number of nitrogens with zero attached hydrogens (tertiary/aromatic N) is 2. The highest BCUT2D eigenvalue weighted by Crippen LogP contribution is 2.32. The van der Waals surface area contributed by atoms with Crippen LogP contribution in [0.2, 0.25) is 0 Å². The van der Waals surface area contributed by atoms with Gasteiger partial charge in [0, 0.05) is 36.8 Å². The average molecular weight is 453 g/mol. The molecular formula is C26H32N2O3S. The van der Waals surface area contributed by atoms with Crippen LogP contribution in [0.4, 0.5) is 5.69 Å². The number of likely N-dealkylation sites (tertiary alicyclic amines) is 1. The lowest BCUT2D eigenvalue weighted by atomic mass is 9.95. The molecule has 2 aliphatic heterocycles. The van der Waals surface area contributed by atoms with Crippen molar-refractivity contribution in [3.05, 3.63) is 59.7 Å². The van der Waals surface area contributed by atoms with Gasteiger partial charge < -0.3 is 14.5 Å². The molecule has 5 nitrogen and oxygen atoms in total. The first-order chi connectivity index (χ1) is 15.7. The summed E-state index contributed by atoms with van der Waals surface area (Å²) in [5, 5.41) is 0. The first kappa shape index (κ1) is 22.7. The monoisotopic (exact) mass is 452 g/mol.